The molecule has 1 aromatic heterocycles. The lowest BCUT2D eigenvalue weighted by molar-refractivity contribution is 0.0924. The molecule has 0 aliphatic carbocycles. The third-order valence-electron chi connectivity index (χ3n) is 4.70. The predicted molar refractivity (Wildman–Crippen MR) is 91.6 cm³/mol. The van der Waals surface area contributed by atoms with Gasteiger partial charge in [0.05, 0.1) is 0 Å². The fraction of sp³-hybridized carbons (Fsp3) is 0.333. The first kappa shape index (κ1) is 15.4. The summed E-state index contributed by atoms with van der Waals surface area (Å²) in [6.07, 6.45) is 2.77. The summed E-state index contributed by atoms with van der Waals surface area (Å²) in [6, 6.07) is 10.8. The van der Waals surface area contributed by atoms with Crippen LogP contribution in [0.25, 0.3) is 0 Å². The van der Waals surface area contributed by atoms with Crippen LogP contribution in [0.5, 0.6) is 11.5 Å². The molecular formula is C18H18ClN3O2. The highest BCUT2D eigenvalue weighted by atomic mass is 35.5. The molecule has 2 aliphatic heterocycles. The second-order valence-corrected chi connectivity index (χ2v) is 6.72. The molecule has 3 unspecified atom stereocenters. The average Bonchev–Trinajstić information content (AvgIpc) is 3.18. The van der Waals surface area contributed by atoms with Crippen LogP contribution in [-0.2, 0) is 0 Å². The van der Waals surface area contributed by atoms with Crippen molar-refractivity contribution in [3.63, 3.8) is 0 Å². The maximum absolute atomic E-state index is 12.4. The zero-order valence-electron chi connectivity index (χ0n) is 13.1. The molecule has 2 bridgehead atoms. The molecule has 2 aliphatic rings. The van der Waals surface area contributed by atoms with E-state index in [1.165, 1.54) is 13.0 Å². The number of ether oxygens (including phenoxy) is 1. The molecule has 0 spiro atoms. The van der Waals surface area contributed by atoms with Gasteiger partial charge in [0.2, 0.25) is 0 Å². The minimum Gasteiger partial charge on any atom is -0.457 e. The first-order valence-corrected chi connectivity index (χ1v) is 8.48. The van der Waals surface area contributed by atoms with Crippen LogP contribution in [0.1, 0.15) is 16.8 Å². The molecule has 1 aromatic carbocycles. The SMILES string of the molecule is O=C(NC1CN2CCC1C2)c1ccc(Oc2ccnc(Cl)c2)cc1. The van der Waals surface area contributed by atoms with Crippen LogP contribution in [0.4, 0.5) is 0 Å². The highest BCUT2D eigenvalue weighted by Gasteiger charge is 2.38. The number of carbonyl (C=O) groups excluding carboxylic acids is 1. The van der Waals surface area contributed by atoms with Gasteiger partial charge in [0.1, 0.15) is 16.7 Å². The summed E-state index contributed by atoms with van der Waals surface area (Å²) < 4.78 is 5.70. The van der Waals surface area contributed by atoms with E-state index in [1.54, 1.807) is 42.6 Å². The van der Waals surface area contributed by atoms with Gasteiger partial charge in [-0.25, -0.2) is 4.98 Å². The van der Waals surface area contributed by atoms with Gasteiger partial charge in [0.15, 0.2) is 0 Å². The van der Waals surface area contributed by atoms with E-state index >= 15 is 0 Å². The average molecular weight is 344 g/mol. The number of pyridine rings is 1. The zero-order valence-corrected chi connectivity index (χ0v) is 13.9. The van der Waals surface area contributed by atoms with Crippen LogP contribution < -0.4 is 10.1 Å². The van der Waals surface area contributed by atoms with Crippen molar-refractivity contribution >= 4 is 17.5 Å². The van der Waals surface area contributed by atoms with Gasteiger partial charge in [0.25, 0.3) is 5.91 Å². The van der Waals surface area contributed by atoms with Crippen molar-refractivity contribution in [3.05, 3.63) is 53.3 Å². The zero-order chi connectivity index (χ0) is 16.5. The Morgan fingerprint density at radius 1 is 1.21 bits per heavy atom. The molecule has 0 saturated carbocycles. The highest BCUT2D eigenvalue weighted by molar-refractivity contribution is 6.29. The quantitative estimate of drug-likeness (QED) is 0.867. The van der Waals surface area contributed by atoms with E-state index in [0.29, 0.717) is 28.1 Å². The lowest BCUT2D eigenvalue weighted by atomic mass is 9.99. The van der Waals surface area contributed by atoms with Crippen molar-refractivity contribution in [1.82, 2.24) is 15.2 Å². The number of piperidine rings is 1. The van der Waals surface area contributed by atoms with Crippen molar-refractivity contribution in [2.45, 2.75) is 12.5 Å². The largest absolute Gasteiger partial charge is 0.457 e. The van der Waals surface area contributed by atoms with E-state index in [-0.39, 0.29) is 11.9 Å². The van der Waals surface area contributed by atoms with Gasteiger partial charge < -0.3 is 15.0 Å². The summed E-state index contributed by atoms with van der Waals surface area (Å²) in [7, 11) is 0. The van der Waals surface area contributed by atoms with Crippen LogP contribution in [0.3, 0.4) is 0 Å². The van der Waals surface area contributed by atoms with Gasteiger partial charge in [-0.2, -0.15) is 0 Å². The number of benzene rings is 1. The summed E-state index contributed by atoms with van der Waals surface area (Å²) in [5, 5.41) is 3.54. The molecule has 5 nitrogen and oxygen atoms in total. The fourth-order valence-electron chi connectivity index (χ4n) is 3.46. The first-order valence-electron chi connectivity index (χ1n) is 8.10. The molecule has 3 atom stereocenters. The van der Waals surface area contributed by atoms with Crippen LogP contribution in [0.2, 0.25) is 5.15 Å². The van der Waals surface area contributed by atoms with E-state index in [9.17, 15) is 4.79 Å². The Morgan fingerprint density at radius 3 is 2.71 bits per heavy atom. The maximum Gasteiger partial charge on any atom is 0.251 e. The molecule has 2 aromatic rings. The second-order valence-electron chi connectivity index (χ2n) is 6.33. The van der Waals surface area contributed by atoms with Crippen molar-refractivity contribution in [2.24, 2.45) is 5.92 Å². The molecule has 0 radical (unpaired) electrons. The van der Waals surface area contributed by atoms with E-state index < -0.39 is 0 Å². The van der Waals surface area contributed by atoms with Gasteiger partial charge in [-0.3, -0.25) is 4.79 Å². The normalized spacial score (nSPS) is 24.8. The van der Waals surface area contributed by atoms with Crippen molar-refractivity contribution < 1.29 is 9.53 Å². The van der Waals surface area contributed by atoms with Crippen LogP contribution in [0, 0.1) is 5.92 Å². The number of nitrogens with zero attached hydrogens (tertiary/aromatic N) is 2. The number of hydrogen-bond donors (Lipinski definition) is 1. The Kier molecular flexibility index (Phi) is 4.12. The molecule has 3 heterocycles. The number of carbonyl (C=O) groups is 1. The fourth-order valence-corrected chi connectivity index (χ4v) is 3.62. The van der Waals surface area contributed by atoms with Gasteiger partial charge in [-0.05, 0) is 49.2 Å². The maximum atomic E-state index is 12.4. The van der Waals surface area contributed by atoms with Crippen molar-refractivity contribution in [2.75, 3.05) is 19.6 Å². The van der Waals surface area contributed by atoms with Crippen molar-refractivity contribution in [3.8, 4) is 11.5 Å². The van der Waals surface area contributed by atoms with Gasteiger partial charge in [0, 0.05) is 37.0 Å². The highest BCUT2D eigenvalue weighted by Crippen LogP contribution is 2.28. The van der Waals surface area contributed by atoms with Gasteiger partial charge in [-0.15, -0.1) is 0 Å². The number of amides is 1. The molecule has 2 fully saturated rings. The number of fused-ring (bicyclic) bond motifs is 2. The lowest BCUT2D eigenvalue weighted by Gasteiger charge is -2.23. The minimum atomic E-state index is -0.0211. The van der Waals surface area contributed by atoms with Crippen LogP contribution >= 0.6 is 11.6 Å². The predicted octanol–water partition coefficient (Wildman–Crippen LogP) is 2.96. The first-order chi connectivity index (χ1) is 11.7. The summed E-state index contributed by atoms with van der Waals surface area (Å²) in [5.74, 6) is 1.85. The third kappa shape index (κ3) is 3.23. The number of halogens is 1. The molecule has 24 heavy (non-hydrogen) atoms. The summed E-state index contributed by atoms with van der Waals surface area (Å²) >= 11 is 5.84. The Bertz CT molecular complexity index is 750. The molecular weight excluding hydrogens is 326 g/mol. The molecule has 6 heteroatoms. The number of rotatable bonds is 4. The standard InChI is InChI=1S/C18H18ClN3O2/c19-17-9-15(5-7-20-17)24-14-3-1-12(2-4-14)18(23)21-16-11-22-8-6-13(16)10-22/h1-5,7,9,13,16H,6,8,10-11H2,(H,21,23). The monoisotopic (exact) mass is 343 g/mol. The lowest BCUT2D eigenvalue weighted by Crippen LogP contribution is -2.43. The number of aromatic nitrogens is 1. The second kappa shape index (κ2) is 6.42. The van der Waals surface area contributed by atoms with E-state index in [1.807, 2.05) is 0 Å². The molecule has 1 amide bonds. The topological polar surface area (TPSA) is 54.5 Å². The Labute approximate surface area is 145 Å². The van der Waals surface area contributed by atoms with Crippen LogP contribution in [-0.4, -0.2) is 41.5 Å². The Morgan fingerprint density at radius 2 is 2.04 bits per heavy atom. The molecule has 2 saturated heterocycles. The molecule has 4 rings (SSSR count). The van der Waals surface area contributed by atoms with Gasteiger partial charge in [-0.1, -0.05) is 11.6 Å². The summed E-state index contributed by atoms with van der Waals surface area (Å²) in [4.78, 5) is 18.7. The third-order valence-corrected chi connectivity index (χ3v) is 4.91. The number of hydrogen-bond acceptors (Lipinski definition) is 4. The molecule has 1 N–H and O–H groups in total. The van der Waals surface area contributed by atoms with E-state index in [4.69, 9.17) is 16.3 Å². The van der Waals surface area contributed by atoms with E-state index in [0.717, 1.165) is 13.1 Å². The Hall–Kier alpha value is -2.11. The van der Waals surface area contributed by atoms with Crippen molar-refractivity contribution in [1.29, 1.82) is 0 Å². The summed E-state index contributed by atoms with van der Waals surface area (Å²) in [6.45, 7) is 3.26. The van der Waals surface area contributed by atoms with Crippen LogP contribution in [0.15, 0.2) is 42.6 Å². The minimum absolute atomic E-state index is 0.0211. The number of nitrogens with one attached hydrogen (secondary N) is 1. The van der Waals surface area contributed by atoms with Gasteiger partial charge >= 0.3 is 0 Å². The Balaban J connectivity index is 1.39. The van der Waals surface area contributed by atoms with E-state index in [2.05, 4.69) is 15.2 Å². The molecule has 124 valence electrons. The summed E-state index contributed by atoms with van der Waals surface area (Å²) in [5.41, 5.74) is 0.646. The smallest absolute Gasteiger partial charge is 0.251 e.